The monoisotopic (exact) mass is 205 g/mol. The molecule has 0 atom stereocenters. The van der Waals surface area contributed by atoms with Gasteiger partial charge in [0.15, 0.2) is 5.78 Å². The Morgan fingerprint density at radius 1 is 1.40 bits per heavy atom. The molecule has 0 aliphatic heterocycles. The standard InChI is InChI=1S/C11H15N3O/c12-7-11(2-1-3-11)4-10(15)9-5-13-8-14-6-9/h5-6,8H,1-4,7,12H2. The highest BCUT2D eigenvalue weighted by atomic mass is 16.1. The predicted octanol–water partition coefficient (Wildman–Crippen LogP) is 1.18. The van der Waals surface area contributed by atoms with E-state index in [2.05, 4.69) is 9.97 Å². The Bertz CT molecular complexity index is 341. The molecule has 0 unspecified atom stereocenters. The van der Waals surface area contributed by atoms with Crippen molar-refractivity contribution in [2.45, 2.75) is 25.7 Å². The van der Waals surface area contributed by atoms with Crippen molar-refractivity contribution in [3.63, 3.8) is 0 Å². The molecule has 1 aliphatic carbocycles. The minimum absolute atomic E-state index is 0.0624. The molecule has 0 bridgehead atoms. The van der Waals surface area contributed by atoms with Gasteiger partial charge in [-0.3, -0.25) is 4.79 Å². The SMILES string of the molecule is NCC1(CC(=O)c2cncnc2)CCC1. The number of ketones is 1. The van der Waals surface area contributed by atoms with Crippen molar-refractivity contribution >= 4 is 5.78 Å². The zero-order chi connectivity index (χ0) is 10.7. The molecular weight excluding hydrogens is 190 g/mol. The number of hydrogen-bond donors (Lipinski definition) is 1. The summed E-state index contributed by atoms with van der Waals surface area (Å²) in [5.41, 5.74) is 6.37. The van der Waals surface area contributed by atoms with Crippen molar-refractivity contribution in [2.75, 3.05) is 6.54 Å². The topological polar surface area (TPSA) is 68.9 Å². The molecule has 1 saturated carbocycles. The van der Waals surface area contributed by atoms with E-state index in [1.54, 1.807) is 12.4 Å². The molecule has 4 nitrogen and oxygen atoms in total. The Labute approximate surface area is 88.9 Å². The van der Waals surface area contributed by atoms with Crippen LogP contribution in [0.15, 0.2) is 18.7 Å². The van der Waals surface area contributed by atoms with Crippen molar-refractivity contribution in [3.05, 3.63) is 24.3 Å². The fourth-order valence-corrected chi connectivity index (χ4v) is 2.02. The number of carbonyl (C=O) groups excluding carboxylic acids is 1. The van der Waals surface area contributed by atoms with Crippen molar-refractivity contribution in [1.82, 2.24) is 9.97 Å². The summed E-state index contributed by atoms with van der Waals surface area (Å²) in [6.07, 6.45) is 8.44. The van der Waals surface area contributed by atoms with E-state index < -0.39 is 0 Å². The van der Waals surface area contributed by atoms with Gasteiger partial charge in [-0.25, -0.2) is 9.97 Å². The summed E-state index contributed by atoms with van der Waals surface area (Å²) in [5.74, 6) is 0.112. The summed E-state index contributed by atoms with van der Waals surface area (Å²) < 4.78 is 0. The number of hydrogen-bond acceptors (Lipinski definition) is 4. The third-order valence-electron chi connectivity index (χ3n) is 3.27. The summed E-state index contributed by atoms with van der Waals surface area (Å²) in [6, 6.07) is 0. The Kier molecular flexibility index (Phi) is 2.77. The second-order valence-electron chi connectivity index (χ2n) is 4.28. The van der Waals surface area contributed by atoms with Crippen LogP contribution < -0.4 is 5.73 Å². The van der Waals surface area contributed by atoms with E-state index in [0.29, 0.717) is 18.5 Å². The molecule has 1 aromatic heterocycles. The summed E-state index contributed by atoms with van der Waals surface area (Å²) >= 11 is 0. The van der Waals surface area contributed by atoms with E-state index in [-0.39, 0.29) is 11.2 Å². The van der Waals surface area contributed by atoms with Crippen LogP contribution >= 0.6 is 0 Å². The van der Waals surface area contributed by atoms with Crippen LogP contribution in [0, 0.1) is 5.41 Å². The summed E-state index contributed by atoms with van der Waals surface area (Å²) in [7, 11) is 0. The molecule has 0 saturated heterocycles. The average Bonchev–Trinajstić information content (AvgIpc) is 2.24. The van der Waals surface area contributed by atoms with E-state index in [4.69, 9.17) is 5.73 Å². The maximum atomic E-state index is 11.9. The lowest BCUT2D eigenvalue weighted by molar-refractivity contribution is 0.0785. The molecule has 1 fully saturated rings. The van der Waals surface area contributed by atoms with Gasteiger partial charge in [0.2, 0.25) is 0 Å². The van der Waals surface area contributed by atoms with Crippen LogP contribution in [0.1, 0.15) is 36.0 Å². The van der Waals surface area contributed by atoms with Gasteiger partial charge >= 0.3 is 0 Å². The van der Waals surface area contributed by atoms with Gasteiger partial charge in [0, 0.05) is 18.8 Å². The molecule has 0 radical (unpaired) electrons. The van der Waals surface area contributed by atoms with Gasteiger partial charge in [-0.1, -0.05) is 6.42 Å². The molecule has 4 heteroatoms. The quantitative estimate of drug-likeness (QED) is 0.749. The molecular formula is C11H15N3O. The second-order valence-corrected chi connectivity index (χ2v) is 4.28. The number of nitrogens with zero attached hydrogens (tertiary/aromatic N) is 2. The predicted molar refractivity (Wildman–Crippen MR) is 56.3 cm³/mol. The summed E-state index contributed by atoms with van der Waals surface area (Å²) in [5, 5.41) is 0. The first-order valence-electron chi connectivity index (χ1n) is 5.24. The fraction of sp³-hybridized carbons (Fsp3) is 0.545. The number of nitrogens with two attached hydrogens (primary N) is 1. The summed E-state index contributed by atoms with van der Waals surface area (Å²) in [4.78, 5) is 19.6. The number of Topliss-reactive ketones (excluding diaryl/α,β-unsaturated/α-hetero) is 1. The lowest BCUT2D eigenvalue weighted by Gasteiger charge is -2.40. The van der Waals surface area contributed by atoms with E-state index >= 15 is 0 Å². The van der Waals surface area contributed by atoms with E-state index in [1.165, 1.54) is 12.7 Å². The highest BCUT2D eigenvalue weighted by molar-refractivity contribution is 5.95. The Morgan fingerprint density at radius 3 is 2.53 bits per heavy atom. The van der Waals surface area contributed by atoms with Crippen LogP contribution in [0.3, 0.4) is 0 Å². The fourth-order valence-electron chi connectivity index (χ4n) is 2.02. The van der Waals surface area contributed by atoms with E-state index in [0.717, 1.165) is 12.8 Å². The second kappa shape index (κ2) is 4.06. The van der Waals surface area contributed by atoms with Gasteiger partial charge in [0.25, 0.3) is 0 Å². The third-order valence-corrected chi connectivity index (χ3v) is 3.27. The molecule has 1 aromatic rings. The van der Waals surface area contributed by atoms with Crippen molar-refractivity contribution in [1.29, 1.82) is 0 Å². The molecule has 2 rings (SSSR count). The van der Waals surface area contributed by atoms with Gasteiger partial charge < -0.3 is 5.73 Å². The zero-order valence-electron chi connectivity index (χ0n) is 8.65. The maximum absolute atomic E-state index is 11.9. The lowest BCUT2D eigenvalue weighted by atomic mass is 9.65. The Balaban J connectivity index is 2.04. The van der Waals surface area contributed by atoms with Crippen LogP contribution in [0.25, 0.3) is 0 Å². The van der Waals surface area contributed by atoms with E-state index in [1.807, 2.05) is 0 Å². The minimum atomic E-state index is 0.0624. The number of carbonyl (C=O) groups is 1. The molecule has 1 aliphatic rings. The molecule has 1 heterocycles. The lowest BCUT2D eigenvalue weighted by Crippen LogP contribution is -2.39. The van der Waals surface area contributed by atoms with Gasteiger partial charge in [-0.05, 0) is 24.8 Å². The van der Waals surface area contributed by atoms with Gasteiger partial charge in [-0.15, -0.1) is 0 Å². The van der Waals surface area contributed by atoms with Crippen LogP contribution in [0.2, 0.25) is 0 Å². The molecule has 0 spiro atoms. The van der Waals surface area contributed by atoms with Gasteiger partial charge in [0.05, 0.1) is 5.56 Å². The first kappa shape index (κ1) is 10.2. The molecule has 2 N–H and O–H groups in total. The van der Waals surface area contributed by atoms with Crippen molar-refractivity contribution in [2.24, 2.45) is 11.1 Å². The normalized spacial score (nSPS) is 18.2. The summed E-state index contributed by atoms with van der Waals surface area (Å²) in [6.45, 7) is 0.604. The van der Waals surface area contributed by atoms with Crippen LogP contribution in [0.5, 0.6) is 0 Å². The molecule has 15 heavy (non-hydrogen) atoms. The minimum Gasteiger partial charge on any atom is -0.330 e. The van der Waals surface area contributed by atoms with Gasteiger partial charge in [0.1, 0.15) is 6.33 Å². The van der Waals surface area contributed by atoms with Gasteiger partial charge in [-0.2, -0.15) is 0 Å². The average molecular weight is 205 g/mol. The first-order chi connectivity index (χ1) is 7.26. The number of aromatic nitrogens is 2. The van der Waals surface area contributed by atoms with Crippen LogP contribution in [-0.4, -0.2) is 22.3 Å². The van der Waals surface area contributed by atoms with Crippen LogP contribution in [0.4, 0.5) is 0 Å². The highest BCUT2D eigenvalue weighted by Gasteiger charge is 2.37. The highest BCUT2D eigenvalue weighted by Crippen LogP contribution is 2.43. The molecule has 80 valence electrons. The zero-order valence-corrected chi connectivity index (χ0v) is 8.65. The third kappa shape index (κ3) is 2.04. The molecule has 0 amide bonds. The Hall–Kier alpha value is -1.29. The first-order valence-corrected chi connectivity index (χ1v) is 5.24. The Morgan fingerprint density at radius 2 is 2.07 bits per heavy atom. The maximum Gasteiger partial charge on any atom is 0.166 e. The van der Waals surface area contributed by atoms with Crippen molar-refractivity contribution < 1.29 is 4.79 Å². The van der Waals surface area contributed by atoms with Crippen LogP contribution in [-0.2, 0) is 0 Å². The molecule has 0 aromatic carbocycles. The van der Waals surface area contributed by atoms with E-state index in [9.17, 15) is 4.79 Å². The number of rotatable bonds is 4. The smallest absolute Gasteiger partial charge is 0.166 e. The van der Waals surface area contributed by atoms with Crippen molar-refractivity contribution in [3.8, 4) is 0 Å². The largest absolute Gasteiger partial charge is 0.330 e.